The van der Waals surface area contributed by atoms with Crippen molar-refractivity contribution in [3.05, 3.63) is 71.8 Å². The summed E-state index contributed by atoms with van der Waals surface area (Å²) in [6, 6.07) is 10.2. The highest BCUT2D eigenvalue weighted by atomic mass is 16.5. The van der Waals surface area contributed by atoms with Crippen LogP contribution in [0.4, 0.5) is 0 Å². The van der Waals surface area contributed by atoms with Gasteiger partial charge in [-0.15, -0.1) is 0 Å². The van der Waals surface area contributed by atoms with Crippen LogP contribution in [-0.4, -0.2) is 137 Å². The van der Waals surface area contributed by atoms with Crippen LogP contribution < -0.4 is 21.3 Å². The molecule has 17 heteroatoms. The number of likely N-dealkylation sites (N-methyl/N-ethyl adjacent to an activating group) is 1. The molecule has 2 bridgehead atoms. The predicted octanol–water partition coefficient (Wildman–Crippen LogP) is 0.592. The average molecular weight is 851 g/mol. The summed E-state index contributed by atoms with van der Waals surface area (Å²) in [5, 5.41) is 30.1. The van der Waals surface area contributed by atoms with Crippen molar-refractivity contribution < 1.29 is 53.2 Å². The third-order valence-electron chi connectivity index (χ3n) is 11.4. The highest BCUT2D eigenvalue weighted by Crippen LogP contribution is 2.27. The highest BCUT2D eigenvalue weighted by molar-refractivity contribution is 5.98. The number of methoxy groups -OCH3 is 1. The Labute approximate surface area is 357 Å². The number of rotatable bonds is 12. The number of nitrogens with zero attached hydrogens (tertiary/aromatic N) is 2. The lowest BCUT2D eigenvalue weighted by molar-refractivity contribution is -0.168. The monoisotopic (exact) mass is 850 g/mol. The SMILES string of the molecule is CCC(C)C1NC(=O)C(Cc2ccccc2)N(C)C(=O)C(Cc2ccccc2)N2C(=O)C(CCC2OC)NC(=O)C(CC(C)C)NC(=O)C(NC(=O)C(O)CO)C(C)OC1=O. The van der Waals surface area contributed by atoms with Gasteiger partial charge >= 0.3 is 5.97 Å². The molecule has 6 N–H and O–H groups in total. The summed E-state index contributed by atoms with van der Waals surface area (Å²) in [5.41, 5.74) is 1.42. The maximum Gasteiger partial charge on any atom is 0.329 e. The Balaban J connectivity index is 1.91. The Morgan fingerprint density at radius 3 is 1.98 bits per heavy atom. The molecule has 0 spiro atoms. The van der Waals surface area contributed by atoms with E-state index < -0.39 is 109 Å². The number of cyclic esters (lactones) is 1. The summed E-state index contributed by atoms with van der Waals surface area (Å²) in [5.74, 6) is -6.40. The van der Waals surface area contributed by atoms with Crippen LogP contribution >= 0.6 is 0 Å². The molecule has 10 unspecified atom stereocenters. The first-order chi connectivity index (χ1) is 29.0. The number of aliphatic hydroxyl groups is 2. The minimum absolute atomic E-state index is 0.0185. The van der Waals surface area contributed by atoms with Crippen molar-refractivity contribution in [3.8, 4) is 0 Å². The minimum atomic E-state index is -1.93. The molecule has 0 saturated carbocycles. The van der Waals surface area contributed by atoms with E-state index in [2.05, 4.69) is 21.3 Å². The molecule has 2 aliphatic rings. The van der Waals surface area contributed by atoms with Gasteiger partial charge in [0.25, 0.3) is 5.91 Å². The number of aliphatic hydroxyl groups excluding tert-OH is 2. The molecule has 0 aliphatic carbocycles. The first kappa shape index (κ1) is 48.3. The van der Waals surface area contributed by atoms with Crippen molar-refractivity contribution in [1.29, 1.82) is 0 Å². The van der Waals surface area contributed by atoms with E-state index in [-0.39, 0.29) is 38.0 Å². The smallest absolute Gasteiger partial charge is 0.329 e. The summed E-state index contributed by atoms with van der Waals surface area (Å²) in [6.45, 7) is 7.49. The number of fused-ring (bicyclic) bond motifs is 2. The number of carbonyl (C=O) groups excluding carboxylic acids is 7. The first-order valence-corrected chi connectivity index (χ1v) is 20.9. The molecule has 4 rings (SSSR count). The average Bonchev–Trinajstić information content (AvgIpc) is 3.24. The van der Waals surface area contributed by atoms with Gasteiger partial charge in [0.1, 0.15) is 48.6 Å². The van der Waals surface area contributed by atoms with Crippen molar-refractivity contribution in [3.63, 3.8) is 0 Å². The second kappa shape index (κ2) is 22.5. The van der Waals surface area contributed by atoms with Gasteiger partial charge in [0.05, 0.1) is 6.61 Å². The molecule has 2 aromatic carbocycles. The summed E-state index contributed by atoms with van der Waals surface area (Å²) < 4.78 is 11.6. The Morgan fingerprint density at radius 2 is 1.44 bits per heavy atom. The lowest BCUT2D eigenvalue weighted by Gasteiger charge is -2.44. The molecule has 10 atom stereocenters. The third-order valence-corrected chi connectivity index (χ3v) is 11.4. The minimum Gasteiger partial charge on any atom is -0.458 e. The fraction of sp³-hybridized carbons (Fsp3) is 0.568. The maximum atomic E-state index is 15.1. The summed E-state index contributed by atoms with van der Waals surface area (Å²) in [4.78, 5) is 102. The second-order valence-corrected chi connectivity index (χ2v) is 16.3. The summed E-state index contributed by atoms with van der Waals surface area (Å²) in [6.07, 6.45) is -3.40. The first-order valence-electron chi connectivity index (χ1n) is 20.9. The molecular formula is C44H62N6O11. The Hall–Kier alpha value is -5.39. The van der Waals surface area contributed by atoms with Crippen LogP contribution in [0, 0.1) is 11.8 Å². The van der Waals surface area contributed by atoms with Crippen molar-refractivity contribution >= 4 is 41.4 Å². The van der Waals surface area contributed by atoms with Gasteiger partial charge < -0.3 is 50.8 Å². The number of amides is 6. The molecule has 6 amide bonds. The van der Waals surface area contributed by atoms with Crippen LogP contribution in [0.25, 0.3) is 0 Å². The normalized spacial score (nSPS) is 27.1. The molecule has 2 aromatic rings. The zero-order valence-electron chi connectivity index (χ0n) is 36.0. The molecule has 2 heterocycles. The standard InChI is InChI=1S/C44H62N6O11/c1-8-26(4)36-44(59)61-27(5)37(48-40(55)34(52)24-51)41(56)46-31(21-25(2)3)38(53)45-30-19-20-35(60-7)50(42(30)57)33(23-29-17-13-10-14-18-29)43(58)49(6)32(39(54)47-36)22-28-15-11-9-12-16-28/h9-18,25-27,30-37,51-52H,8,19-24H2,1-7H3,(H,45,53)(H,46,56)(H,47,54)(H,48,55). The van der Waals surface area contributed by atoms with E-state index in [0.717, 1.165) is 0 Å². The Kier molecular flexibility index (Phi) is 17.8. The topological polar surface area (TPSA) is 233 Å². The molecule has 2 fully saturated rings. The summed E-state index contributed by atoms with van der Waals surface area (Å²) >= 11 is 0. The molecule has 2 aliphatic heterocycles. The lowest BCUT2D eigenvalue weighted by atomic mass is 9.94. The number of nitrogens with one attached hydrogen (secondary N) is 4. The molecule has 61 heavy (non-hydrogen) atoms. The second-order valence-electron chi connectivity index (χ2n) is 16.3. The van der Waals surface area contributed by atoms with Crippen LogP contribution in [0.1, 0.15) is 71.4 Å². The predicted molar refractivity (Wildman–Crippen MR) is 223 cm³/mol. The van der Waals surface area contributed by atoms with Crippen molar-refractivity contribution in [1.82, 2.24) is 31.1 Å². The molecule has 2 saturated heterocycles. The van der Waals surface area contributed by atoms with E-state index in [9.17, 15) is 39.0 Å². The number of benzene rings is 2. The van der Waals surface area contributed by atoms with E-state index in [1.54, 1.807) is 50.2 Å². The van der Waals surface area contributed by atoms with Gasteiger partial charge in [0, 0.05) is 27.0 Å². The number of hydrogen-bond acceptors (Lipinski definition) is 11. The summed E-state index contributed by atoms with van der Waals surface area (Å²) in [7, 11) is 2.88. The van der Waals surface area contributed by atoms with Gasteiger partial charge in [0.15, 0.2) is 6.10 Å². The Morgan fingerprint density at radius 1 is 0.852 bits per heavy atom. The molecule has 0 radical (unpaired) electrons. The molecule has 334 valence electrons. The highest BCUT2D eigenvalue weighted by Gasteiger charge is 2.46. The van der Waals surface area contributed by atoms with Gasteiger partial charge in [-0.1, -0.05) is 94.8 Å². The fourth-order valence-electron chi connectivity index (χ4n) is 7.60. The Bertz CT molecular complexity index is 1830. The van der Waals surface area contributed by atoms with E-state index in [4.69, 9.17) is 9.47 Å². The van der Waals surface area contributed by atoms with Gasteiger partial charge in [-0.05, 0) is 49.1 Å². The number of piperidine rings is 1. The van der Waals surface area contributed by atoms with Gasteiger partial charge in [-0.25, -0.2) is 4.79 Å². The number of carbonyl (C=O) groups is 7. The quantitative estimate of drug-likeness (QED) is 0.162. The zero-order chi connectivity index (χ0) is 45.0. The number of esters is 1. The van der Waals surface area contributed by atoms with Crippen LogP contribution in [0.15, 0.2) is 60.7 Å². The lowest BCUT2D eigenvalue weighted by Crippen LogP contribution is -2.65. The number of ether oxygens (including phenoxy) is 2. The van der Waals surface area contributed by atoms with E-state index in [0.29, 0.717) is 17.5 Å². The van der Waals surface area contributed by atoms with E-state index >= 15 is 4.79 Å². The third kappa shape index (κ3) is 12.6. The largest absolute Gasteiger partial charge is 0.458 e. The van der Waals surface area contributed by atoms with Gasteiger partial charge in [-0.2, -0.15) is 0 Å². The van der Waals surface area contributed by atoms with Crippen molar-refractivity contribution in [2.24, 2.45) is 11.8 Å². The van der Waals surface area contributed by atoms with Crippen LogP contribution in [0.5, 0.6) is 0 Å². The van der Waals surface area contributed by atoms with Crippen molar-refractivity contribution in [2.45, 2.75) is 128 Å². The molecule has 0 aromatic heterocycles. The molecular weight excluding hydrogens is 789 g/mol. The van der Waals surface area contributed by atoms with Crippen LogP contribution in [0.2, 0.25) is 0 Å². The van der Waals surface area contributed by atoms with E-state index in [1.165, 1.54) is 30.9 Å². The maximum absolute atomic E-state index is 15.1. The zero-order valence-corrected chi connectivity index (χ0v) is 36.0. The number of hydrogen-bond donors (Lipinski definition) is 6. The van der Waals surface area contributed by atoms with Crippen LogP contribution in [0.3, 0.4) is 0 Å². The van der Waals surface area contributed by atoms with Gasteiger partial charge in [0.2, 0.25) is 29.5 Å². The molecule has 17 nitrogen and oxygen atoms in total. The van der Waals surface area contributed by atoms with E-state index in [1.807, 2.05) is 38.1 Å². The van der Waals surface area contributed by atoms with Crippen molar-refractivity contribution in [2.75, 3.05) is 20.8 Å². The van der Waals surface area contributed by atoms with Crippen LogP contribution in [-0.2, 0) is 55.9 Å². The fourth-order valence-corrected chi connectivity index (χ4v) is 7.60. The van der Waals surface area contributed by atoms with Gasteiger partial charge in [-0.3, -0.25) is 28.8 Å².